The van der Waals surface area contributed by atoms with Crippen LogP contribution in [-0.2, 0) is 4.79 Å². The highest BCUT2D eigenvalue weighted by atomic mass is 79.9. The van der Waals surface area contributed by atoms with Gasteiger partial charge in [0.25, 0.3) is 0 Å². The first-order valence-corrected chi connectivity index (χ1v) is 7.23. The van der Waals surface area contributed by atoms with E-state index in [1.807, 2.05) is 25.2 Å². The zero-order valence-corrected chi connectivity index (χ0v) is 13.1. The Labute approximate surface area is 126 Å². The van der Waals surface area contributed by atoms with E-state index < -0.39 is 0 Å². The molecular weight excluding hydrogens is 320 g/mol. The lowest BCUT2D eigenvalue weighted by molar-refractivity contribution is -0.118. The number of hydrogen-bond donors (Lipinski definition) is 1. The summed E-state index contributed by atoms with van der Waals surface area (Å²) in [6, 6.07) is 5.96. The van der Waals surface area contributed by atoms with Crippen molar-refractivity contribution in [3.05, 3.63) is 29.0 Å². The number of rotatable bonds is 5. The van der Waals surface area contributed by atoms with E-state index in [-0.39, 0.29) is 5.91 Å². The van der Waals surface area contributed by atoms with E-state index in [9.17, 15) is 4.79 Å². The fourth-order valence-corrected chi connectivity index (χ4v) is 2.37. The van der Waals surface area contributed by atoms with Crippen LogP contribution in [0.4, 0.5) is 5.82 Å². The van der Waals surface area contributed by atoms with Crippen molar-refractivity contribution in [3.8, 4) is 0 Å². The number of hydrogen-bond acceptors (Lipinski definition) is 4. The van der Waals surface area contributed by atoms with Gasteiger partial charge in [-0.1, -0.05) is 15.9 Å². The Morgan fingerprint density at radius 3 is 2.95 bits per heavy atom. The maximum Gasteiger partial charge on any atom is 0.216 e. The minimum Gasteiger partial charge on any atom is -0.359 e. The number of nitrogens with one attached hydrogen (secondary N) is 1. The molecule has 0 spiro atoms. The van der Waals surface area contributed by atoms with Crippen molar-refractivity contribution >= 4 is 38.6 Å². The summed E-state index contributed by atoms with van der Waals surface area (Å²) in [6.45, 7) is 3.02. The maximum absolute atomic E-state index is 10.8. The van der Waals surface area contributed by atoms with Crippen molar-refractivity contribution in [2.75, 3.05) is 25.0 Å². The summed E-state index contributed by atoms with van der Waals surface area (Å²) in [7, 11) is 2.00. The summed E-state index contributed by atoms with van der Waals surface area (Å²) in [6.07, 6.45) is 2.45. The largest absolute Gasteiger partial charge is 0.359 e. The van der Waals surface area contributed by atoms with Crippen LogP contribution in [0.5, 0.6) is 0 Å². The van der Waals surface area contributed by atoms with Gasteiger partial charge in [0.2, 0.25) is 5.91 Å². The molecule has 1 amide bonds. The molecule has 0 atom stereocenters. The lowest BCUT2D eigenvalue weighted by Gasteiger charge is -2.19. The highest BCUT2D eigenvalue weighted by molar-refractivity contribution is 9.10. The lowest BCUT2D eigenvalue weighted by atomic mass is 10.2. The van der Waals surface area contributed by atoms with E-state index in [4.69, 9.17) is 0 Å². The molecule has 0 radical (unpaired) electrons. The Kier molecular flexibility index (Phi) is 4.89. The third-order valence-corrected chi connectivity index (χ3v) is 3.48. The highest BCUT2D eigenvalue weighted by Gasteiger charge is 2.08. The fraction of sp³-hybridized carbons (Fsp3) is 0.357. The van der Waals surface area contributed by atoms with Crippen LogP contribution < -0.4 is 10.2 Å². The number of anilines is 1. The summed E-state index contributed by atoms with van der Waals surface area (Å²) < 4.78 is 1.01. The van der Waals surface area contributed by atoms with Crippen molar-refractivity contribution in [1.29, 1.82) is 0 Å². The Balaban J connectivity index is 2.11. The van der Waals surface area contributed by atoms with Crippen LogP contribution in [-0.4, -0.2) is 36.0 Å². The molecule has 0 fully saturated rings. The molecule has 1 aromatic heterocycles. The third kappa shape index (κ3) is 3.66. The van der Waals surface area contributed by atoms with Gasteiger partial charge in [0, 0.05) is 36.9 Å². The van der Waals surface area contributed by atoms with Gasteiger partial charge in [-0.15, -0.1) is 0 Å². The average Bonchev–Trinajstić information content (AvgIpc) is 2.42. The molecule has 2 aromatic rings. The molecule has 5 nitrogen and oxygen atoms in total. The predicted octanol–water partition coefficient (Wildman–Crippen LogP) is 2.35. The molecular formula is C14H17BrN4O. The number of carbonyl (C=O) groups excluding carboxylic acids is 1. The van der Waals surface area contributed by atoms with Crippen LogP contribution in [0.15, 0.2) is 29.0 Å². The number of amides is 1. The van der Waals surface area contributed by atoms with Crippen molar-refractivity contribution in [2.24, 2.45) is 0 Å². The zero-order chi connectivity index (χ0) is 14.5. The summed E-state index contributed by atoms with van der Waals surface area (Å²) in [5.74, 6) is 0.906. The number of nitrogens with zero attached hydrogens (tertiary/aromatic N) is 3. The first-order chi connectivity index (χ1) is 9.58. The van der Waals surface area contributed by atoms with Gasteiger partial charge in [-0.25, -0.2) is 9.97 Å². The lowest BCUT2D eigenvalue weighted by Crippen LogP contribution is -2.26. The molecule has 0 saturated carbocycles. The molecule has 2 rings (SSSR count). The van der Waals surface area contributed by atoms with Crippen molar-refractivity contribution < 1.29 is 4.79 Å². The van der Waals surface area contributed by atoms with E-state index in [2.05, 4.69) is 36.1 Å². The van der Waals surface area contributed by atoms with E-state index in [1.165, 1.54) is 6.92 Å². The molecule has 0 unspecified atom stereocenters. The molecule has 0 saturated heterocycles. The van der Waals surface area contributed by atoms with Crippen molar-refractivity contribution in [2.45, 2.75) is 13.3 Å². The fourth-order valence-electron chi connectivity index (χ4n) is 2.01. The van der Waals surface area contributed by atoms with Gasteiger partial charge in [0.1, 0.15) is 12.1 Å². The molecule has 0 bridgehead atoms. The quantitative estimate of drug-likeness (QED) is 0.851. The van der Waals surface area contributed by atoms with Crippen LogP contribution in [0, 0.1) is 0 Å². The van der Waals surface area contributed by atoms with Crippen LogP contribution in [0.25, 0.3) is 10.9 Å². The van der Waals surface area contributed by atoms with E-state index in [0.717, 1.165) is 34.2 Å². The SMILES string of the molecule is CC(=O)NCCCN(C)c1ncnc2ccc(Br)cc12. The number of carbonyl (C=O) groups is 1. The predicted molar refractivity (Wildman–Crippen MR) is 83.8 cm³/mol. The smallest absolute Gasteiger partial charge is 0.216 e. The molecule has 1 aromatic carbocycles. The first-order valence-electron chi connectivity index (χ1n) is 6.44. The second-order valence-electron chi connectivity index (χ2n) is 4.62. The average molecular weight is 337 g/mol. The molecule has 0 aliphatic carbocycles. The molecule has 20 heavy (non-hydrogen) atoms. The van der Waals surface area contributed by atoms with Gasteiger partial charge in [0.05, 0.1) is 5.52 Å². The second kappa shape index (κ2) is 6.65. The molecule has 0 aliphatic heterocycles. The van der Waals surface area contributed by atoms with Gasteiger partial charge in [0.15, 0.2) is 0 Å². The topological polar surface area (TPSA) is 58.1 Å². The summed E-state index contributed by atoms with van der Waals surface area (Å²) in [5.41, 5.74) is 0.923. The normalized spacial score (nSPS) is 10.6. The van der Waals surface area contributed by atoms with Crippen molar-refractivity contribution in [3.63, 3.8) is 0 Å². The monoisotopic (exact) mass is 336 g/mol. The summed E-state index contributed by atoms with van der Waals surface area (Å²) in [4.78, 5) is 21.5. The van der Waals surface area contributed by atoms with Crippen molar-refractivity contribution in [1.82, 2.24) is 15.3 Å². The number of halogens is 1. The number of benzene rings is 1. The van der Waals surface area contributed by atoms with E-state index in [0.29, 0.717) is 6.54 Å². The zero-order valence-electron chi connectivity index (χ0n) is 11.6. The van der Waals surface area contributed by atoms with Gasteiger partial charge < -0.3 is 10.2 Å². The van der Waals surface area contributed by atoms with Gasteiger partial charge in [-0.2, -0.15) is 0 Å². The first kappa shape index (κ1) is 14.7. The minimum absolute atomic E-state index is 0.00377. The van der Waals surface area contributed by atoms with Crippen LogP contribution >= 0.6 is 15.9 Å². The van der Waals surface area contributed by atoms with Gasteiger partial charge in [-0.05, 0) is 24.6 Å². The Morgan fingerprint density at radius 1 is 1.40 bits per heavy atom. The molecule has 6 heteroatoms. The second-order valence-corrected chi connectivity index (χ2v) is 5.53. The summed E-state index contributed by atoms with van der Waals surface area (Å²) >= 11 is 3.47. The number of aromatic nitrogens is 2. The van der Waals surface area contributed by atoms with E-state index in [1.54, 1.807) is 6.33 Å². The number of fused-ring (bicyclic) bond motifs is 1. The van der Waals surface area contributed by atoms with Crippen LogP contribution in [0.1, 0.15) is 13.3 Å². The highest BCUT2D eigenvalue weighted by Crippen LogP contribution is 2.25. The molecule has 1 N–H and O–H groups in total. The Bertz CT molecular complexity index is 617. The Hall–Kier alpha value is -1.69. The molecule has 1 heterocycles. The van der Waals surface area contributed by atoms with E-state index >= 15 is 0 Å². The standard InChI is InChI=1S/C14H17BrN4O/c1-10(20)16-6-3-7-19(2)14-12-8-11(15)4-5-13(12)17-9-18-14/h4-5,8-9H,3,6-7H2,1-2H3,(H,16,20). The minimum atomic E-state index is 0.00377. The summed E-state index contributed by atoms with van der Waals surface area (Å²) in [5, 5.41) is 3.81. The van der Waals surface area contributed by atoms with Gasteiger partial charge in [-0.3, -0.25) is 4.79 Å². The Morgan fingerprint density at radius 2 is 2.20 bits per heavy atom. The molecule has 106 valence electrons. The molecule has 0 aliphatic rings. The third-order valence-electron chi connectivity index (χ3n) is 2.98. The van der Waals surface area contributed by atoms with Crippen LogP contribution in [0.3, 0.4) is 0 Å². The van der Waals surface area contributed by atoms with Gasteiger partial charge >= 0.3 is 0 Å². The van der Waals surface area contributed by atoms with Crippen LogP contribution in [0.2, 0.25) is 0 Å². The maximum atomic E-state index is 10.8.